The first-order valence-corrected chi connectivity index (χ1v) is 9.88. The maximum Gasteiger partial charge on any atom is 0.0273 e. The first-order chi connectivity index (χ1) is 10.7. The summed E-state index contributed by atoms with van der Waals surface area (Å²) in [5, 5.41) is 6.19. The minimum atomic E-state index is 0.620. The van der Waals surface area contributed by atoms with Gasteiger partial charge in [-0.3, -0.25) is 0 Å². The van der Waals surface area contributed by atoms with E-state index in [0.717, 1.165) is 0 Å². The molecule has 0 aliphatic carbocycles. The fraction of sp³-hybridized carbons (Fsp3) is 0.950. The highest BCUT2D eigenvalue weighted by atomic mass is 15.4. The van der Waals surface area contributed by atoms with Crippen LogP contribution in [0.4, 0.5) is 0 Å². The summed E-state index contributed by atoms with van der Waals surface area (Å²) in [6.07, 6.45) is 22.0. The molecule has 2 heteroatoms. The number of hydrogen-bond acceptors (Lipinski definition) is 2. The Labute approximate surface area is 140 Å². The van der Waals surface area contributed by atoms with Gasteiger partial charge in [0, 0.05) is 20.3 Å². The van der Waals surface area contributed by atoms with Gasteiger partial charge >= 0.3 is 0 Å². The molecule has 0 aliphatic rings. The first kappa shape index (κ1) is 21.5. The molecule has 0 bridgehead atoms. The Bertz CT molecular complexity index is 236. The molecule has 132 valence electrons. The predicted octanol–water partition coefficient (Wildman–Crippen LogP) is 6.65. The summed E-state index contributed by atoms with van der Waals surface area (Å²) in [5.41, 5.74) is 0. The predicted molar refractivity (Wildman–Crippen MR) is 102 cm³/mol. The lowest BCUT2D eigenvalue weighted by atomic mass is 10.0. The summed E-state index contributed by atoms with van der Waals surface area (Å²) in [4.78, 5) is 0. The SMILES string of the molecule is CCCCCCCCCCCCCCCC(C)/C=N/N(C)C. The van der Waals surface area contributed by atoms with E-state index in [-0.39, 0.29) is 0 Å². The van der Waals surface area contributed by atoms with Gasteiger partial charge in [0.25, 0.3) is 0 Å². The molecule has 2 nitrogen and oxygen atoms in total. The standard InChI is InChI=1S/C20H42N2/c1-5-6-7-8-9-10-11-12-13-14-15-16-17-18-20(2)19-21-22(3)4/h19-20H,5-18H2,1-4H3/b21-19+. The monoisotopic (exact) mass is 310 g/mol. The molecule has 0 spiro atoms. The van der Waals surface area contributed by atoms with E-state index in [1.807, 2.05) is 19.1 Å². The van der Waals surface area contributed by atoms with Crippen LogP contribution in [0, 0.1) is 5.92 Å². The molecule has 0 aliphatic heterocycles. The van der Waals surface area contributed by atoms with Gasteiger partial charge in [-0.2, -0.15) is 5.10 Å². The fourth-order valence-corrected chi connectivity index (χ4v) is 2.81. The maximum absolute atomic E-state index is 4.31. The van der Waals surface area contributed by atoms with Crippen LogP contribution in [0.15, 0.2) is 5.10 Å². The number of unbranched alkanes of at least 4 members (excludes halogenated alkanes) is 12. The lowest BCUT2D eigenvalue weighted by Crippen LogP contribution is -2.05. The molecule has 1 unspecified atom stereocenters. The smallest absolute Gasteiger partial charge is 0.0273 e. The highest BCUT2D eigenvalue weighted by Crippen LogP contribution is 2.14. The van der Waals surface area contributed by atoms with Crippen molar-refractivity contribution in [1.82, 2.24) is 5.01 Å². The average molecular weight is 311 g/mol. The largest absolute Gasteiger partial charge is 0.303 e. The first-order valence-electron chi connectivity index (χ1n) is 9.88. The van der Waals surface area contributed by atoms with E-state index in [0.29, 0.717) is 5.92 Å². The molecular weight excluding hydrogens is 268 g/mol. The minimum absolute atomic E-state index is 0.620. The van der Waals surface area contributed by atoms with Crippen LogP contribution in [0.3, 0.4) is 0 Å². The Morgan fingerprint density at radius 1 is 0.727 bits per heavy atom. The second kappa shape index (κ2) is 16.8. The molecule has 0 aromatic rings. The molecule has 0 heterocycles. The van der Waals surface area contributed by atoms with Gasteiger partial charge in [0.15, 0.2) is 0 Å². The molecule has 0 saturated heterocycles. The van der Waals surface area contributed by atoms with Crippen molar-refractivity contribution in [2.24, 2.45) is 11.0 Å². The van der Waals surface area contributed by atoms with Crippen LogP contribution < -0.4 is 0 Å². The molecule has 0 aromatic heterocycles. The van der Waals surface area contributed by atoms with E-state index in [1.165, 1.54) is 89.9 Å². The van der Waals surface area contributed by atoms with Gasteiger partial charge in [-0.1, -0.05) is 97.3 Å². The van der Waals surface area contributed by atoms with Crippen LogP contribution in [-0.4, -0.2) is 25.3 Å². The molecule has 0 amide bonds. The van der Waals surface area contributed by atoms with Gasteiger partial charge in [-0.25, -0.2) is 0 Å². The van der Waals surface area contributed by atoms with E-state index < -0.39 is 0 Å². The lowest BCUT2D eigenvalue weighted by Gasteiger charge is -2.08. The maximum atomic E-state index is 4.31. The van der Waals surface area contributed by atoms with E-state index >= 15 is 0 Å². The third-order valence-corrected chi connectivity index (χ3v) is 4.32. The van der Waals surface area contributed by atoms with Crippen molar-refractivity contribution in [3.05, 3.63) is 0 Å². The van der Waals surface area contributed by atoms with E-state index in [4.69, 9.17) is 0 Å². The molecule has 0 aromatic carbocycles. The summed E-state index contributed by atoms with van der Waals surface area (Å²) < 4.78 is 0. The molecule has 0 rings (SSSR count). The van der Waals surface area contributed by atoms with Crippen molar-refractivity contribution in [2.45, 2.75) is 104 Å². The van der Waals surface area contributed by atoms with Crippen LogP contribution in [-0.2, 0) is 0 Å². The quantitative estimate of drug-likeness (QED) is 0.177. The molecule has 0 radical (unpaired) electrons. The minimum Gasteiger partial charge on any atom is -0.303 e. The molecule has 0 fully saturated rings. The van der Waals surface area contributed by atoms with Crippen molar-refractivity contribution in [3.63, 3.8) is 0 Å². The lowest BCUT2D eigenvalue weighted by molar-refractivity contribution is 0.434. The van der Waals surface area contributed by atoms with Crippen LogP contribution in [0.5, 0.6) is 0 Å². The second-order valence-corrected chi connectivity index (χ2v) is 7.12. The zero-order chi connectivity index (χ0) is 16.5. The van der Waals surface area contributed by atoms with Crippen molar-refractivity contribution >= 4 is 6.21 Å². The summed E-state index contributed by atoms with van der Waals surface area (Å²) in [6, 6.07) is 0. The van der Waals surface area contributed by atoms with Crippen LogP contribution in [0.2, 0.25) is 0 Å². The van der Waals surface area contributed by atoms with Gasteiger partial charge in [-0.15, -0.1) is 0 Å². The third kappa shape index (κ3) is 17.5. The summed E-state index contributed by atoms with van der Waals surface area (Å²) in [5.74, 6) is 0.620. The Hall–Kier alpha value is -0.530. The van der Waals surface area contributed by atoms with Gasteiger partial charge in [0.05, 0.1) is 0 Å². The molecule has 0 N–H and O–H groups in total. The van der Waals surface area contributed by atoms with Crippen LogP contribution in [0.1, 0.15) is 104 Å². The topological polar surface area (TPSA) is 15.6 Å². The van der Waals surface area contributed by atoms with Gasteiger partial charge < -0.3 is 5.01 Å². The number of nitrogens with zero attached hydrogens (tertiary/aromatic N) is 2. The zero-order valence-corrected chi connectivity index (χ0v) is 15.9. The highest BCUT2D eigenvalue weighted by molar-refractivity contribution is 5.59. The number of rotatable bonds is 16. The Kier molecular flexibility index (Phi) is 16.4. The van der Waals surface area contributed by atoms with Crippen molar-refractivity contribution in [2.75, 3.05) is 14.1 Å². The van der Waals surface area contributed by atoms with Crippen molar-refractivity contribution in [1.29, 1.82) is 0 Å². The summed E-state index contributed by atoms with van der Waals surface area (Å²) >= 11 is 0. The average Bonchev–Trinajstić information content (AvgIpc) is 2.49. The summed E-state index contributed by atoms with van der Waals surface area (Å²) in [6.45, 7) is 4.56. The molecular formula is C20H42N2. The fourth-order valence-electron chi connectivity index (χ4n) is 2.81. The molecule has 0 saturated carbocycles. The van der Waals surface area contributed by atoms with Gasteiger partial charge in [-0.05, 0) is 12.3 Å². The van der Waals surface area contributed by atoms with Crippen LogP contribution >= 0.6 is 0 Å². The number of hydrazone groups is 1. The third-order valence-electron chi connectivity index (χ3n) is 4.32. The van der Waals surface area contributed by atoms with Gasteiger partial charge in [0.2, 0.25) is 0 Å². The molecule has 1 atom stereocenters. The van der Waals surface area contributed by atoms with Crippen LogP contribution in [0.25, 0.3) is 0 Å². The van der Waals surface area contributed by atoms with Gasteiger partial charge in [0.1, 0.15) is 0 Å². The van der Waals surface area contributed by atoms with E-state index in [1.54, 1.807) is 0 Å². The molecule has 22 heavy (non-hydrogen) atoms. The normalized spacial score (nSPS) is 12.9. The van der Waals surface area contributed by atoms with Crippen molar-refractivity contribution in [3.8, 4) is 0 Å². The second-order valence-electron chi connectivity index (χ2n) is 7.12. The Morgan fingerprint density at radius 2 is 1.14 bits per heavy atom. The highest BCUT2D eigenvalue weighted by Gasteiger charge is 1.98. The van der Waals surface area contributed by atoms with E-state index in [9.17, 15) is 0 Å². The Balaban J connectivity index is 3.14. The summed E-state index contributed by atoms with van der Waals surface area (Å²) in [7, 11) is 3.96. The zero-order valence-electron chi connectivity index (χ0n) is 15.9. The van der Waals surface area contributed by atoms with E-state index in [2.05, 4.69) is 25.2 Å². The van der Waals surface area contributed by atoms with Crippen molar-refractivity contribution < 1.29 is 0 Å². The Morgan fingerprint density at radius 3 is 1.55 bits per heavy atom. The number of hydrogen-bond donors (Lipinski definition) is 0.